The highest BCUT2D eigenvalue weighted by molar-refractivity contribution is 6.03. The third-order valence-electron chi connectivity index (χ3n) is 5.18. The van der Waals surface area contributed by atoms with Crippen LogP contribution in [0.2, 0.25) is 0 Å². The Morgan fingerprint density at radius 2 is 1.89 bits per heavy atom. The zero-order valence-electron chi connectivity index (χ0n) is 17.2. The van der Waals surface area contributed by atoms with Crippen molar-refractivity contribution in [1.29, 1.82) is 5.26 Å². The van der Waals surface area contributed by atoms with Crippen molar-refractivity contribution < 1.29 is 14.6 Å². The largest absolute Gasteiger partial charge is 0.494 e. The van der Waals surface area contributed by atoms with Crippen LogP contribution in [0.15, 0.2) is 23.0 Å². The molecule has 0 fully saturated rings. The average molecular weight is 382 g/mol. The molecule has 0 saturated carbocycles. The molecule has 28 heavy (non-hydrogen) atoms. The van der Waals surface area contributed by atoms with E-state index in [1.54, 1.807) is 19.9 Å². The summed E-state index contributed by atoms with van der Waals surface area (Å²) in [5.41, 5.74) is 1.54. The Morgan fingerprint density at radius 1 is 1.25 bits per heavy atom. The average Bonchev–Trinajstić information content (AvgIpc) is 2.64. The Morgan fingerprint density at radius 3 is 2.43 bits per heavy atom. The highest BCUT2D eigenvalue weighted by Crippen LogP contribution is 2.28. The molecule has 0 amide bonds. The van der Waals surface area contributed by atoms with Crippen LogP contribution in [0.1, 0.15) is 65.8 Å². The van der Waals surface area contributed by atoms with Gasteiger partial charge in [0, 0.05) is 6.04 Å². The van der Waals surface area contributed by atoms with Gasteiger partial charge in [0.05, 0.1) is 5.56 Å². The van der Waals surface area contributed by atoms with Crippen molar-refractivity contribution in [3.8, 4) is 17.7 Å². The number of rotatable bonds is 6. The van der Waals surface area contributed by atoms with Gasteiger partial charge in [-0.25, -0.2) is 0 Å². The van der Waals surface area contributed by atoms with Crippen molar-refractivity contribution in [2.45, 2.75) is 60.1 Å². The van der Waals surface area contributed by atoms with Gasteiger partial charge < -0.3 is 9.84 Å². The molecule has 0 spiro atoms. The number of aryl methyl sites for hydroxylation is 2. The number of carbonyl (C=O) groups is 1. The summed E-state index contributed by atoms with van der Waals surface area (Å²) in [7, 11) is 0. The van der Waals surface area contributed by atoms with E-state index in [4.69, 9.17) is 4.74 Å². The molecule has 1 aromatic carbocycles. The van der Waals surface area contributed by atoms with Crippen LogP contribution in [0.5, 0.6) is 11.6 Å². The fourth-order valence-electron chi connectivity index (χ4n) is 3.06. The van der Waals surface area contributed by atoms with Crippen molar-refractivity contribution in [2.75, 3.05) is 0 Å². The summed E-state index contributed by atoms with van der Waals surface area (Å²) in [6.07, 6.45) is -0.342. The standard InChI is InChI=1S/C22H26N2O4/c1-7-14(4)24-21(26)18(11-23)15(5)19(22(24)27)20(25)16(6)28-17-9-8-12(2)13(3)10-17/h8-10,14,16,27H,7H2,1-6H3. The van der Waals surface area contributed by atoms with E-state index in [1.165, 1.54) is 6.92 Å². The number of Topliss-reactive ketones (excluding diaryl/α,β-unsaturated/α-hetero) is 1. The molecule has 0 aliphatic rings. The Labute approximate surface area is 165 Å². The highest BCUT2D eigenvalue weighted by Gasteiger charge is 2.29. The molecule has 1 N–H and O–H groups in total. The maximum absolute atomic E-state index is 13.1. The van der Waals surface area contributed by atoms with Gasteiger partial charge in [-0.2, -0.15) is 5.26 Å². The number of hydrogen-bond acceptors (Lipinski definition) is 5. The fraction of sp³-hybridized carbons (Fsp3) is 0.409. The molecule has 0 aliphatic heterocycles. The molecule has 1 aromatic heterocycles. The van der Waals surface area contributed by atoms with E-state index < -0.39 is 23.3 Å². The molecule has 148 valence electrons. The predicted octanol–water partition coefficient (Wildman–Crippen LogP) is 3.97. The van der Waals surface area contributed by atoms with E-state index in [9.17, 15) is 20.0 Å². The zero-order valence-corrected chi connectivity index (χ0v) is 17.2. The molecule has 2 unspecified atom stereocenters. The summed E-state index contributed by atoms with van der Waals surface area (Å²) in [4.78, 5) is 25.7. The number of ketones is 1. The van der Waals surface area contributed by atoms with Crippen LogP contribution in [0.3, 0.4) is 0 Å². The number of nitriles is 1. The topological polar surface area (TPSA) is 92.3 Å². The molecular weight excluding hydrogens is 356 g/mol. The van der Waals surface area contributed by atoms with Crippen LogP contribution in [0.25, 0.3) is 0 Å². The van der Waals surface area contributed by atoms with Gasteiger partial charge in [-0.05, 0) is 69.9 Å². The highest BCUT2D eigenvalue weighted by atomic mass is 16.5. The maximum atomic E-state index is 13.1. The van der Waals surface area contributed by atoms with Crippen molar-refractivity contribution in [3.63, 3.8) is 0 Å². The number of benzene rings is 1. The number of aromatic hydroxyl groups is 1. The van der Waals surface area contributed by atoms with Gasteiger partial charge in [-0.3, -0.25) is 14.2 Å². The van der Waals surface area contributed by atoms with Crippen LogP contribution in [0, 0.1) is 32.1 Å². The minimum Gasteiger partial charge on any atom is -0.494 e. The Hall–Kier alpha value is -3.07. The summed E-state index contributed by atoms with van der Waals surface area (Å²) in [6.45, 7) is 10.6. The summed E-state index contributed by atoms with van der Waals surface area (Å²) in [5.74, 6) is -0.366. The van der Waals surface area contributed by atoms with Gasteiger partial charge in [0.1, 0.15) is 17.4 Å². The van der Waals surface area contributed by atoms with Crippen LogP contribution < -0.4 is 10.3 Å². The van der Waals surface area contributed by atoms with Crippen molar-refractivity contribution in [2.24, 2.45) is 0 Å². The number of aromatic nitrogens is 1. The Kier molecular flexibility index (Phi) is 6.30. The van der Waals surface area contributed by atoms with Crippen LogP contribution >= 0.6 is 0 Å². The minimum absolute atomic E-state index is 0.0483. The van der Waals surface area contributed by atoms with E-state index >= 15 is 0 Å². The lowest BCUT2D eigenvalue weighted by Crippen LogP contribution is -2.32. The molecule has 0 aliphatic carbocycles. The Bertz CT molecular complexity index is 1010. The molecule has 0 saturated heterocycles. The monoisotopic (exact) mass is 382 g/mol. The smallest absolute Gasteiger partial charge is 0.271 e. The first kappa shape index (κ1) is 21.2. The van der Waals surface area contributed by atoms with E-state index in [1.807, 2.05) is 39.0 Å². The zero-order chi connectivity index (χ0) is 21.2. The van der Waals surface area contributed by atoms with Gasteiger partial charge in [-0.1, -0.05) is 13.0 Å². The van der Waals surface area contributed by atoms with E-state index in [-0.39, 0.29) is 22.7 Å². The molecule has 2 rings (SSSR count). The maximum Gasteiger partial charge on any atom is 0.271 e. The SMILES string of the molecule is CCC(C)n1c(O)c(C(=O)C(C)Oc2ccc(C)c(C)c2)c(C)c(C#N)c1=O. The van der Waals surface area contributed by atoms with Gasteiger partial charge in [-0.15, -0.1) is 0 Å². The van der Waals surface area contributed by atoms with Crippen molar-refractivity contribution in [1.82, 2.24) is 4.57 Å². The molecule has 6 heteroatoms. The molecule has 0 radical (unpaired) electrons. The van der Waals surface area contributed by atoms with Crippen molar-refractivity contribution >= 4 is 5.78 Å². The summed E-state index contributed by atoms with van der Waals surface area (Å²) in [5, 5.41) is 20.1. The van der Waals surface area contributed by atoms with Crippen LogP contribution in [-0.4, -0.2) is 21.6 Å². The molecule has 1 heterocycles. The van der Waals surface area contributed by atoms with Crippen LogP contribution in [-0.2, 0) is 0 Å². The lowest BCUT2D eigenvalue weighted by atomic mass is 9.98. The first-order valence-corrected chi connectivity index (χ1v) is 9.30. The lowest BCUT2D eigenvalue weighted by Gasteiger charge is -2.21. The number of nitrogens with zero attached hydrogens (tertiary/aromatic N) is 2. The third-order valence-corrected chi connectivity index (χ3v) is 5.18. The fourth-order valence-corrected chi connectivity index (χ4v) is 3.06. The second-order valence-electron chi connectivity index (χ2n) is 7.11. The van der Waals surface area contributed by atoms with E-state index in [2.05, 4.69) is 0 Å². The number of pyridine rings is 1. The Balaban J connectivity index is 2.53. The van der Waals surface area contributed by atoms with Gasteiger partial charge in [0.15, 0.2) is 6.10 Å². The normalized spacial score (nSPS) is 12.9. The van der Waals surface area contributed by atoms with Crippen molar-refractivity contribution in [3.05, 3.63) is 56.4 Å². The third kappa shape index (κ3) is 3.79. The molecular formula is C22H26N2O4. The molecule has 2 atom stereocenters. The quantitative estimate of drug-likeness (QED) is 0.763. The first-order chi connectivity index (χ1) is 13.1. The van der Waals surface area contributed by atoms with Gasteiger partial charge in [0.25, 0.3) is 5.56 Å². The predicted molar refractivity (Wildman–Crippen MR) is 107 cm³/mol. The summed E-state index contributed by atoms with van der Waals surface area (Å²) in [6, 6.07) is 7.03. The second-order valence-corrected chi connectivity index (χ2v) is 7.11. The number of ether oxygens (including phenoxy) is 1. The first-order valence-electron chi connectivity index (χ1n) is 9.30. The molecule has 6 nitrogen and oxygen atoms in total. The van der Waals surface area contributed by atoms with E-state index in [0.29, 0.717) is 12.2 Å². The molecule has 2 aromatic rings. The van der Waals surface area contributed by atoms with Gasteiger partial charge in [0.2, 0.25) is 11.7 Å². The second kappa shape index (κ2) is 8.30. The number of hydrogen-bond donors (Lipinski definition) is 1. The molecule has 0 bridgehead atoms. The summed E-state index contributed by atoms with van der Waals surface area (Å²) < 4.78 is 6.89. The summed E-state index contributed by atoms with van der Waals surface area (Å²) >= 11 is 0. The van der Waals surface area contributed by atoms with Crippen LogP contribution in [0.4, 0.5) is 0 Å². The minimum atomic E-state index is -0.902. The number of carbonyl (C=O) groups excluding carboxylic acids is 1. The van der Waals surface area contributed by atoms with Gasteiger partial charge >= 0.3 is 0 Å². The van der Waals surface area contributed by atoms with E-state index in [0.717, 1.165) is 15.7 Å². The lowest BCUT2D eigenvalue weighted by molar-refractivity contribution is 0.0812.